The molecule has 134 valence electrons. The van der Waals surface area contributed by atoms with E-state index in [4.69, 9.17) is 32.7 Å². The Kier molecular flexibility index (Phi) is 7.16. The number of amides is 1. The largest absolute Gasteiger partial charge is 0.375 e. The van der Waals surface area contributed by atoms with Crippen LogP contribution in [0, 0.1) is 0 Å². The van der Waals surface area contributed by atoms with Crippen molar-refractivity contribution in [2.75, 3.05) is 32.8 Å². The number of nitrogens with one attached hydrogen (secondary N) is 1. The third kappa shape index (κ3) is 4.34. The number of morpholine rings is 2. The van der Waals surface area contributed by atoms with E-state index < -0.39 is 0 Å². The Morgan fingerprint density at radius 3 is 2.75 bits per heavy atom. The van der Waals surface area contributed by atoms with E-state index >= 15 is 0 Å². The van der Waals surface area contributed by atoms with Gasteiger partial charge in [-0.3, -0.25) is 4.79 Å². The topological polar surface area (TPSA) is 50.8 Å². The molecule has 0 bridgehead atoms. The molecular formula is C16H21Cl3N2O3. The number of rotatable bonds is 2. The van der Waals surface area contributed by atoms with E-state index in [0.29, 0.717) is 42.9 Å². The van der Waals surface area contributed by atoms with E-state index in [-0.39, 0.29) is 36.6 Å². The molecule has 1 unspecified atom stereocenters. The summed E-state index contributed by atoms with van der Waals surface area (Å²) in [5.74, 6) is 0.0607. The fraction of sp³-hybridized carbons (Fsp3) is 0.562. The average molecular weight is 396 g/mol. The van der Waals surface area contributed by atoms with Gasteiger partial charge in [0.2, 0.25) is 5.91 Å². The Labute approximate surface area is 158 Å². The van der Waals surface area contributed by atoms with Crippen molar-refractivity contribution in [2.24, 2.45) is 0 Å². The average Bonchev–Trinajstić information content (AvgIpc) is 2.57. The fourth-order valence-corrected chi connectivity index (χ4v) is 3.28. The quantitative estimate of drug-likeness (QED) is 0.836. The Morgan fingerprint density at radius 1 is 1.25 bits per heavy atom. The number of ether oxygens (including phenoxy) is 2. The Bertz CT molecular complexity index is 588. The van der Waals surface area contributed by atoms with E-state index in [0.717, 1.165) is 5.56 Å². The third-order valence-electron chi connectivity index (χ3n) is 4.28. The van der Waals surface area contributed by atoms with Gasteiger partial charge < -0.3 is 19.7 Å². The zero-order valence-electron chi connectivity index (χ0n) is 13.3. The van der Waals surface area contributed by atoms with Crippen LogP contribution in [0.25, 0.3) is 0 Å². The molecule has 0 spiro atoms. The van der Waals surface area contributed by atoms with Crippen LogP contribution in [0.15, 0.2) is 18.2 Å². The zero-order valence-corrected chi connectivity index (χ0v) is 15.7. The highest BCUT2D eigenvalue weighted by molar-refractivity contribution is 6.42. The summed E-state index contributed by atoms with van der Waals surface area (Å²) >= 11 is 12.0. The molecule has 2 fully saturated rings. The second kappa shape index (κ2) is 8.70. The summed E-state index contributed by atoms with van der Waals surface area (Å²) < 4.78 is 11.4. The lowest BCUT2D eigenvalue weighted by molar-refractivity contribution is -0.147. The minimum atomic E-state index is -0.295. The maximum absolute atomic E-state index is 12.7. The van der Waals surface area contributed by atoms with Crippen LogP contribution < -0.4 is 5.32 Å². The van der Waals surface area contributed by atoms with E-state index in [2.05, 4.69) is 5.32 Å². The lowest BCUT2D eigenvalue weighted by Gasteiger charge is -2.38. The Hall–Kier alpha value is -0.560. The molecule has 2 saturated heterocycles. The normalized spacial score (nSPS) is 27.5. The first kappa shape index (κ1) is 19.8. The van der Waals surface area contributed by atoms with Gasteiger partial charge in [0.05, 0.1) is 35.9 Å². The second-order valence-electron chi connectivity index (χ2n) is 5.82. The van der Waals surface area contributed by atoms with Crippen LogP contribution in [-0.2, 0) is 14.3 Å². The highest BCUT2D eigenvalue weighted by Gasteiger charge is 2.34. The van der Waals surface area contributed by atoms with Crippen molar-refractivity contribution in [3.05, 3.63) is 33.8 Å². The molecule has 0 saturated carbocycles. The molecule has 1 N–H and O–H groups in total. The van der Waals surface area contributed by atoms with Crippen LogP contribution in [0.5, 0.6) is 0 Å². The molecule has 0 radical (unpaired) electrons. The van der Waals surface area contributed by atoms with E-state index in [1.54, 1.807) is 12.1 Å². The van der Waals surface area contributed by atoms with Gasteiger partial charge in [-0.2, -0.15) is 0 Å². The fourth-order valence-electron chi connectivity index (χ4n) is 2.97. The van der Waals surface area contributed by atoms with Crippen LogP contribution in [0.4, 0.5) is 0 Å². The predicted molar refractivity (Wildman–Crippen MR) is 96.2 cm³/mol. The first-order valence-electron chi connectivity index (χ1n) is 7.76. The molecule has 1 aromatic rings. The number of benzene rings is 1. The van der Waals surface area contributed by atoms with Gasteiger partial charge >= 0.3 is 0 Å². The number of hydrogen-bond acceptors (Lipinski definition) is 4. The molecule has 24 heavy (non-hydrogen) atoms. The number of carbonyl (C=O) groups excluding carboxylic acids is 1. The van der Waals surface area contributed by atoms with Crippen LogP contribution in [0.3, 0.4) is 0 Å². The molecule has 1 amide bonds. The molecule has 2 aliphatic heterocycles. The molecule has 2 aliphatic rings. The Morgan fingerprint density at radius 2 is 2.04 bits per heavy atom. The van der Waals surface area contributed by atoms with E-state index in [1.165, 1.54) is 0 Å². The van der Waals surface area contributed by atoms with Crippen molar-refractivity contribution in [2.45, 2.75) is 25.2 Å². The predicted octanol–water partition coefficient (Wildman–Crippen LogP) is 2.69. The van der Waals surface area contributed by atoms with Crippen LogP contribution >= 0.6 is 35.6 Å². The van der Waals surface area contributed by atoms with Crippen molar-refractivity contribution in [1.29, 1.82) is 0 Å². The van der Waals surface area contributed by atoms with Crippen LogP contribution in [-0.4, -0.2) is 55.8 Å². The third-order valence-corrected chi connectivity index (χ3v) is 5.02. The van der Waals surface area contributed by atoms with Gasteiger partial charge in [-0.15, -0.1) is 12.4 Å². The summed E-state index contributed by atoms with van der Waals surface area (Å²) in [6, 6.07) is 5.14. The monoisotopic (exact) mass is 394 g/mol. The van der Waals surface area contributed by atoms with Gasteiger partial charge in [0.25, 0.3) is 0 Å². The SMILES string of the molecule is C[C@H]1OCCN[C@@H]1C(=O)N1CCOC(c2ccc(Cl)c(Cl)c2)C1.Cl. The standard InChI is InChI=1S/C16H20Cl2N2O3.ClH/c1-10-15(19-4-6-22-10)16(21)20-5-7-23-14(9-20)11-2-3-12(17)13(18)8-11;/h2-3,8,10,14-15,19H,4-7,9H2,1H3;1H/t10-,14?,15+;/m1./s1. The summed E-state index contributed by atoms with van der Waals surface area (Å²) in [4.78, 5) is 14.6. The summed E-state index contributed by atoms with van der Waals surface area (Å²) in [7, 11) is 0. The first-order chi connectivity index (χ1) is 11.1. The van der Waals surface area contributed by atoms with Crippen molar-refractivity contribution >= 4 is 41.5 Å². The molecule has 0 aliphatic carbocycles. The molecular weight excluding hydrogens is 375 g/mol. The summed E-state index contributed by atoms with van der Waals surface area (Å²) in [6.07, 6.45) is -0.315. The molecule has 2 heterocycles. The van der Waals surface area contributed by atoms with Crippen molar-refractivity contribution in [3.63, 3.8) is 0 Å². The van der Waals surface area contributed by atoms with Crippen molar-refractivity contribution < 1.29 is 14.3 Å². The molecule has 8 heteroatoms. The highest BCUT2D eigenvalue weighted by Crippen LogP contribution is 2.29. The molecule has 3 rings (SSSR count). The second-order valence-corrected chi connectivity index (χ2v) is 6.64. The maximum atomic E-state index is 12.7. The molecule has 1 aromatic carbocycles. The highest BCUT2D eigenvalue weighted by atomic mass is 35.5. The Balaban J connectivity index is 0.00000208. The number of nitrogens with zero attached hydrogens (tertiary/aromatic N) is 1. The first-order valence-corrected chi connectivity index (χ1v) is 8.52. The summed E-state index contributed by atoms with van der Waals surface area (Å²) in [5, 5.41) is 4.24. The molecule has 5 nitrogen and oxygen atoms in total. The lowest BCUT2D eigenvalue weighted by Crippen LogP contribution is -2.58. The maximum Gasteiger partial charge on any atom is 0.242 e. The smallest absolute Gasteiger partial charge is 0.242 e. The van der Waals surface area contributed by atoms with Gasteiger partial charge in [-0.05, 0) is 24.6 Å². The number of hydrogen-bond donors (Lipinski definition) is 1. The van der Waals surface area contributed by atoms with Gasteiger partial charge in [0, 0.05) is 13.1 Å². The van der Waals surface area contributed by atoms with Gasteiger partial charge in [-0.1, -0.05) is 29.3 Å². The zero-order chi connectivity index (χ0) is 16.4. The lowest BCUT2D eigenvalue weighted by atomic mass is 10.1. The van der Waals surface area contributed by atoms with E-state index in [9.17, 15) is 4.79 Å². The number of carbonyl (C=O) groups is 1. The minimum Gasteiger partial charge on any atom is -0.375 e. The number of halogens is 3. The molecule has 0 aromatic heterocycles. The van der Waals surface area contributed by atoms with Crippen molar-refractivity contribution in [3.8, 4) is 0 Å². The van der Waals surface area contributed by atoms with Gasteiger partial charge in [0.15, 0.2) is 0 Å². The van der Waals surface area contributed by atoms with Gasteiger partial charge in [0.1, 0.15) is 12.1 Å². The molecule has 3 atom stereocenters. The summed E-state index contributed by atoms with van der Waals surface area (Å²) in [6.45, 7) is 4.84. The minimum absolute atomic E-state index is 0. The van der Waals surface area contributed by atoms with Crippen molar-refractivity contribution in [1.82, 2.24) is 10.2 Å². The van der Waals surface area contributed by atoms with Gasteiger partial charge in [-0.25, -0.2) is 0 Å². The van der Waals surface area contributed by atoms with Crippen LogP contribution in [0.2, 0.25) is 10.0 Å². The van der Waals surface area contributed by atoms with Crippen LogP contribution in [0.1, 0.15) is 18.6 Å². The summed E-state index contributed by atoms with van der Waals surface area (Å²) in [5.41, 5.74) is 0.929. The van der Waals surface area contributed by atoms with E-state index in [1.807, 2.05) is 17.9 Å².